The Morgan fingerprint density at radius 1 is 1.22 bits per heavy atom. The van der Waals surface area contributed by atoms with Gasteiger partial charge in [-0.1, -0.05) is 25.1 Å². The Bertz CT molecular complexity index is 369. The second-order valence-corrected chi connectivity index (χ2v) is 3.71. The Hall–Kier alpha value is -0.850. The smallest absolute Gasteiger partial charge is 0.191 e. The number of benzene rings is 1. The summed E-state index contributed by atoms with van der Waals surface area (Å²) in [5, 5.41) is 6.30. The third-order valence-electron chi connectivity index (χ3n) is 2.25. The van der Waals surface area contributed by atoms with Crippen LogP contribution in [0.5, 0.6) is 0 Å². The molecule has 0 spiro atoms. The summed E-state index contributed by atoms with van der Waals surface area (Å²) in [7, 11) is 0. The molecule has 1 rings (SSSR count). The third kappa shape index (κ3) is 6.18. The molecular formula is C13H21FIN3. The van der Waals surface area contributed by atoms with Crippen molar-refractivity contribution in [1.82, 2.24) is 10.6 Å². The van der Waals surface area contributed by atoms with E-state index in [0.29, 0.717) is 12.1 Å². The number of halogens is 2. The van der Waals surface area contributed by atoms with E-state index in [1.54, 1.807) is 12.1 Å². The maximum Gasteiger partial charge on any atom is 0.191 e. The van der Waals surface area contributed by atoms with Crippen molar-refractivity contribution >= 4 is 29.9 Å². The van der Waals surface area contributed by atoms with Crippen LogP contribution in [0.15, 0.2) is 29.3 Å². The van der Waals surface area contributed by atoms with Crippen LogP contribution in [0.25, 0.3) is 0 Å². The lowest BCUT2D eigenvalue weighted by Crippen LogP contribution is -2.37. The summed E-state index contributed by atoms with van der Waals surface area (Å²) < 4.78 is 13.4. The number of guanidine groups is 1. The summed E-state index contributed by atoms with van der Waals surface area (Å²) in [6.45, 7) is 6.11. The molecular weight excluding hydrogens is 344 g/mol. The second kappa shape index (κ2) is 10.1. The molecule has 0 aliphatic carbocycles. The van der Waals surface area contributed by atoms with E-state index >= 15 is 0 Å². The van der Waals surface area contributed by atoms with Gasteiger partial charge in [0, 0.05) is 18.7 Å². The summed E-state index contributed by atoms with van der Waals surface area (Å²) >= 11 is 0. The van der Waals surface area contributed by atoms with Crippen LogP contribution >= 0.6 is 24.0 Å². The number of aliphatic imine (C=N–C) groups is 1. The Morgan fingerprint density at radius 2 is 1.94 bits per heavy atom. The zero-order valence-electron chi connectivity index (χ0n) is 10.9. The number of nitrogens with zero attached hydrogens (tertiary/aromatic N) is 1. The van der Waals surface area contributed by atoms with Gasteiger partial charge < -0.3 is 10.6 Å². The van der Waals surface area contributed by atoms with Gasteiger partial charge in [0.2, 0.25) is 0 Å². The fraction of sp³-hybridized carbons (Fsp3) is 0.462. The molecule has 18 heavy (non-hydrogen) atoms. The molecule has 102 valence electrons. The van der Waals surface area contributed by atoms with Gasteiger partial charge in [-0.15, -0.1) is 24.0 Å². The van der Waals surface area contributed by atoms with Gasteiger partial charge in [-0.2, -0.15) is 0 Å². The third-order valence-corrected chi connectivity index (χ3v) is 2.25. The molecule has 1 aromatic carbocycles. The predicted molar refractivity (Wildman–Crippen MR) is 84.9 cm³/mol. The van der Waals surface area contributed by atoms with Gasteiger partial charge in [0.1, 0.15) is 5.82 Å². The maximum atomic E-state index is 13.4. The van der Waals surface area contributed by atoms with E-state index < -0.39 is 0 Å². The molecule has 0 saturated carbocycles. The van der Waals surface area contributed by atoms with Crippen LogP contribution in [0.3, 0.4) is 0 Å². The average molecular weight is 365 g/mol. The standard InChI is InChI=1S/C13H20FN3.HI/c1-3-9-16-13(15-4-2)17-10-11-7-5-6-8-12(11)14;/h5-8H,3-4,9-10H2,1-2H3,(H2,15,16,17);1H. The molecule has 0 saturated heterocycles. The molecule has 5 heteroatoms. The zero-order valence-corrected chi connectivity index (χ0v) is 13.2. The minimum atomic E-state index is -0.206. The van der Waals surface area contributed by atoms with Gasteiger partial charge >= 0.3 is 0 Å². The zero-order chi connectivity index (χ0) is 12.5. The lowest BCUT2D eigenvalue weighted by atomic mass is 10.2. The van der Waals surface area contributed by atoms with Gasteiger partial charge in [-0.05, 0) is 19.4 Å². The van der Waals surface area contributed by atoms with Crippen LogP contribution in [0, 0.1) is 5.82 Å². The van der Waals surface area contributed by atoms with Gasteiger partial charge in [-0.3, -0.25) is 0 Å². The van der Waals surface area contributed by atoms with E-state index in [1.807, 2.05) is 13.0 Å². The molecule has 0 heterocycles. The minimum Gasteiger partial charge on any atom is -0.357 e. The van der Waals surface area contributed by atoms with E-state index in [2.05, 4.69) is 22.5 Å². The van der Waals surface area contributed by atoms with Crippen molar-refractivity contribution < 1.29 is 4.39 Å². The van der Waals surface area contributed by atoms with Crippen molar-refractivity contribution in [3.63, 3.8) is 0 Å². The Kier molecular flexibility index (Phi) is 9.63. The summed E-state index contributed by atoms with van der Waals surface area (Å²) in [4.78, 5) is 4.34. The monoisotopic (exact) mass is 365 g/mol. The van der Waals surface area contributed by atoms with Gasteiger partial charge in [0.05, 0.1) is 6.54 Å². The van der Waals surface area contributed by atoms with Gasteiger partial charge in [0.15, 0.2) is 5.96 Å². The van der Waals surface area contributed by atoms with Crippen molar-refractivity contribution in [1.29, 1.82) is 0 Å². The van der Waals surface area contributed by atoms with Crippen LogP contribution in [0.1, 0.15) is 25.8 Å². The minimum absolute atomic E-state index is 0. The molecule has 0 radical (unpaired) electrons. The first-order valence-corrected chi connectivity index (χ1v) is 6.03. The fourth-order valence-electron chi connectivity index (χ4n) is 1.38. The maximum absolute atomic E-state index is 13.4. The van der Waals surface area contributed by atoms with E-state index in [1.165, 1.54) is 6.07 Å². The molecule has 0 fully saturated rings. The lowest BCUT2D eigenvalue weighted by molar-refractivity contribution is 0.610. The Labute approximate surface area is 125 Å². The van der Waals surface area contributed by atoms with E-state index in [-0.39, 0.29) is 29.8 Å². The molecule has 1 aromatic rings. The highest BCUT2D eigenvalue weighted by atomic mass is 127. The summed E-state index contributed by atoms with van der Waals surface area (Å²) in [6, 6.07) is 6.71. The topological polar surface area (TPSA) is 36.4 Å². The number of nitrogens with one attached hydrogen (secondary N) is 2. The first kappa shape index (κ1) is 17.2. The quantitative estimate of drug-likeness (QED) is 0.478. The van der Waals surface area contributed by atoms with Crippen LogP contribution in [-0.4, -0.2) is 19.0 Å². The average Bonchev–Trinajstić information content (AvgIpc) is 2.34. The first-order valence-electron chi connectivity index (χ1n) is 6.03. The number of rotatable bonds is 5. The molecule has 0 amide bonds. The van der Waals surface area contributed by atoms with Crippen molar-refractivity contribution in [2.24, 2.45) is 4.99 Å². The van der Waals surface area contributed by atoms with E-state index in [0.717, 1.165) is 25.5 Å². The molecule has 0 bridgehead atoms. The van der Waals surface area contributed by atoms with Gasteiger partial charge in [0.25, 0.3) is 0 Å². The predicted octanol–water partition coefficient (Wildman–Crippen LogP) is 2.91. The van der Waals surface area contributed by atoms with Crippen LogP contribution < -0.4 is 10.6 Å². The highest BCUT2D eigenvalue weighted by molar-refractivity contribution is 14.0. The SMILES string of the molecule is CCCNC(=NCc1ccccc1F)NCC.I. The molecule has 3 nitrogen and oxygen atoms in total. The molecule has 0 atom stereocenters. The Balaban J connectivity index is 0.00000289. The summed E-state index contributed by atoms with van der Waals surface area (Å²) in [6.07, 6.45) is 1.03. The Morgan fingerprint density at radius 3 is 2.56 bits per heavy atom. The summed E-state index contributed by atoms with van der Waals surface area (Å²) in [5.41, 5.74) is 0.612. The first-order chi connectivity index (χ1) is 8.27. The van der Waals surface area contributed by atoms with Crippen LogP contribution in [0.2, 0.25) is 0 Å². The molecule has 2 N–H and O–H groups in total. The molecule has 0 unspecified atom stereocenters. The highest BCUT2D eigenvalue weighted by Crippen LogP contribution is 2.07. The van der Waals surface area contributed by atoms with Crippen molar-refractivity contribution in [3.8, 4) is 0 Å². The normalized spacial score (nSPS) is 10.7. The molecule has 0 aromatic heterocycles. The van der Waals surface area contributed by atoms with Crippen molar-refractivity contribution in [2.45, 2.75) is 26.8 Å². The lowest BCUT2D eigenvalue weighted by Gasteiger charge is -2.10. The second-order valence-electron chi connectivity index (χ2n) is 3.71. The van der Waals surface area contributed by atoms with Crippen LogP contribution in [0.4, 0.5) is 4.39 Å². The number of hydrogen-bond acceptors (Lipinski definition) is 1. The fourth-order valence-corrected chi connectivity index (χ4v) is 1.38. The van der Waals surface area contributed by atoms with Crippen molar-refractivity contribution in [3.05, 3.63) is 35.6 Å². The van der Waals surface area contributed by atoms with E-state index in [9.17, 15) is 4.39 Å². The van der Waals surface area contributed by atoms with Crippen LogP contribution in [-0.2, 0) is 6.54 Å². The molecule has 0 aliphatic heterocycles. The van der Waals surface area contributed by atoms with E-state index in [4.69, 9.17) is 0 Å². The highest BCUT2D eigenvalue weighted by Gasteiger charge is 2.00. The van der Waals surface area contributed by atoms with Gasteiger partial charge in [-0.25, -0.2) is 9.38 Å². The largest absolute Gasteiger partial charge is 0.357 e. The molecule has 0 aliphatic rings. The number of hydrogen-bond donors (Lipinski definition) is 2. The van der Waals surface area contributed by atoms with Crippen molar-refractivity contribution in [2.75, 3.05) is 13.1 Å². The summed E-state index contributed by atoms with van der Waals surface area (Å²) in [5.74, 6) is 0.528.